The molecule has 1 unspecified atom stereocenters. The second-order valence-electron chi connectivity index (χ2n) is 3.87. The summed E-state index contributed by atoms with van der Waals surface area (Å²) in [6.07, 6.45) is 0.749. The molecular formula is C12H19NO. The lowest BCUT2D eigenvalue weighted by molar-refractivity contribution is 0.276. The summed E-state index contributed by atoms with van der Waals surface area (Å²) in [5, 5.41) is 8.91. The van der Waals surface area contributed by atoms with Gasteiger partial charge in [-0.05, 0) is 38.3 Å². The first-order chi connectivity index (χ1) is 6.67. The number of aliphatic hydroxyl groups excluding tert-OH is 1. The summed E-state index contributed by atoms with van der Waals surface area (Å²) in [6.45, 7) is 4.98. The van der Waals surface area contributed by atoms with Crippen LogP contribution in [0.5, 0.6) is 0 Å². The number of aryl methyl sites for hydroxylation is 2. The van der Waals surface area contributed by atoms with E-state index in [1.54, 1.807) is 0 Å². The molecule has 78 valence electrons. The monoisotopic (exact) mass is 193 g/mol. The zero-order chi connectivity index (χ0) is 10.6. The summed E-state index contributed by atoms with van der Waals surface area (Å²) >= 11 is 0. The predicted molar refractivity (Wildman–Crippen MR) is 59.4 cm³/mol. The van der Waals surface area contributed by atoms with E-state index in [-0.39, 0.29) is 6.61 Å². The van der Waals surface area contributed by atoms with E-state index >= 15 is 0 Å². The first-order valence-electron chi connectivity index (χ1n) is 5.06. The lowest BCUT2D eigenvalue weighted by Gasteiger charge is -2.15. The van der Waals surface area contributed by atoms with Crippen molar-refractivity contribution in [3.63, 3.8) is 0 Å². The highest BCUT2D eigenvalue weighted by atomic mass is 16.3. The zero-order valence-electron chi connectivity index (χ0n) is 8.96. The molecule has 0 radical (unpaired) electrons. The minimum atomic E-state index is 0.203. The van der Waals surface area contributed by atoms with Gasteiger partial charge in [-0.25, -0.2) is 0 Å². The van der Waals surface area contributed by atoms with Gasteiger partial charge < -0.3 is 10.8 Å². The molecule has 1 atom stereocenters. The van der Waals surface area contributed by atoms with Crippen molar-refractivity contribution in [2.24, 2.45) is 5.73 Å². The van der Waals surface area contributed by atoms with E-state index in [0.717, 1.165) is 6.42 Å². The Kier molecular flexibility index (Phi) is 4.11. The number of benzene rings is 1. The Balaban J connectivity index is 2.91. The van der Waals surface area contributed by atoms with Crippen molar-refractivity contribution >= 4 is 0 Å². The highest BCUT2D eigenvalue weighted by Crippen LogP contribution is 2.20. The van der Waals surface area contributed by atoms with Crippen LogP contribution in [0.25, 0.3) is 0 Å². The van der Waals surface area contributed by atoms with E-state index in [1.165, 1.54) is 16.7 Å². The van der Waals surface area contributed by atoms with Gasteiger partial charge in [0, 0.05) is 6.61 Å². The molecule has 3 N–H and O–H groups in total. The predicted octanol–water partition coefficient (Wildman–Crippen LogP) is 1.73. The normalized spacial score (nSPS) is 12.9. The maximum Gasteiger partial charge on any atom is 0.0437 e. The molecule has 0 heterocycles. The second-order valence-corrected chi connectivity index (χ2v) is 3.87. The average molecular weight is 193 g/mol. The number of rotatable bonds is 4. The third-order valence-electron chi connectivity index (χ3n) is 2.48. The molecule has 0 aromatic heterocycles. The molecule has 0 bridgehead atoms. The van der Waals surface area contributed by atoms with Gasteiger partial charge in [0.05, 0.1) is 0 Å². The molecule has 0 aliphatic rings. The van der Waals surface area contributed by atoms with E-state index in [0.29, 0.717) is 12.5 Å². The summed E-state index contributed by atoms with van der Waals surface area (Å²) in [4.78, 5) is 0. The van der Waals surface area contributed by atoms with Crippen molar-refractivity contribution in [3.8, 4) is 0 Å². The van der Waals surface area contributed by atoms with Gasteiger partial charge in [-0.15, -0.1) is 0 Å². The molecule has 14 heavy (non-hydrogen) atoms. The van der Waals surface area contributed by atoms with Crippen molar-refractivity contribution < 1.29 is 5.11 Å². The molecular weight excluding hydrogens is 174 g/mol. The molecule has 1 aromatic carbocycles. The molecule has 0 spiro atoms. The molecule has 1 rings (SSSR count). The van der Waals surface area contributed by atoms with Gasteiger partial charge in [0.15, 0.2) is 0 Å². The molecule has 0 amide bonds. The fourth-order valence-corrected chi connectivity index (χ4v) is 1.82. The Morgan fingerprint density at radius 3 is 2.21 bits per heavy atom. The Bertz CT molecular complexity index is 276. The highest BCUT2D eigenvalue weighted by molar-refractivity contribution is 5.31. The van der Waals surface area contributed by atoms with E-state index < -0.39 is 0 Å². The van der Waals surface area contributed by atoms with Gasteiger partial charge >= 0.3 is 0 Å². The van der Waals surface area contributed by atoms with Gasteiger partial charge in [0.2, 0.25) is 0 Å². The molecule has 0 saturated carbocycles. The maximum atomic E-state index is 8.91. The Morgan fingerprint density at radius 1 is 1.21 bits per heavy atom. The number of nitrogens with two attached hydrogens (primary N) is 1. The summed E-state index contributed by atoms with van der Waals surface area (Å²) in [6, 6.07) is 6.45. The van der Waals surface area contributed by atoms with Crippen LogP contribution in [0.3, 0.4) is 0 Å². The van der Waals surface area contributed by atoms with Crippen LogP contribution in [0.4, 0.5) is 0 Å². The lowest BCUT2D eigenvalue weighted by Crippen LogP contribution is -2.14. The van der Waals surface area contributed by atoms with Crippen LogP contribution in [0.1, 0.15) is 29.0 Å². The van der Waals surface area contributed by atoms with Gasteiger partial charge in [-0.3, -0.25) is 0 Å². The summed E-state index contributed by atoms with van der Waals surface area (Å²) in [5.74, 6) is 0.290. The number of hydrogen-bond acceptors (Lipinski definition) is 2. The topological polar surface area (TPSA) is 46.2 Å². The summed E-state index contributed by atoms with van der Waals surface area (Å²) in [5.41, 5.74) is 9.45. The lowest BCUT2D eigenvalue weighted by atomic mass is 9.93. The summed E-state index contributed by atoms with van der Waals surface area (Å²) in [7, 11) is 0. The molecule has 2 nitrogen and oxygen atoms in total. The minimum absolute atomic E-state index is 0.203. The van der Waals surface area contributed by atoms with E-state index in [1.807, 2.05) is 0 Å². The van der Waals surface area contributed by atoms with Crippen molar-refractivity contribution in [1.82, 2.24) is 0 Å². The molecule has 0 fully saturated rings. The van der Waals surface area contributed by atoms with Gasteiger partial charge in [-0.2, -0.15) is 0 Å². The Hall–Kier alpha value is -0.860. The zero-order valence-corrected chi connectivity index (χ0v) is 8.96. The quantitative estimate of drug-likeness (QED) is 0.765. The van der Waals surface area contributed by atoms with Crippen molar-refractivity contribution in [3.05, 3.63) is 34.9 Å². The van der Waals surface area contributed by atoms with Crippen molar-refractivity contribution in [2.75, 3.05) is 13.2 Å². The fraction of sp³-hybridized carbons (Fsp3) is 0.500. The van der Waals surface area contributed by atoms with Gasteiger partial charge in [-0.1, -0.05) is 29.3 Å². The molecule has 1 aromatic rings. The van der Waals surface area contributed by atoms with Crippen molar-refractivity contribution in [1.29, 1.82) is 0 Å². The van der Waals surface area contributed by atoms with Crippen LogP contribution >= 0.6 is 0 Å². The SMILES string of the molecule is Cc1cc(C)cc(C(CN)CCO)c1. The van der Waals surface area contributed by atoms with Gasteiger partial charge in [0.1, 0.15) is 0 Å². The fourth-order valence-electron chi connectivity index (χ4n) is 1.82. The van der Waals surface area contributed by atoms with Crippen LogP contribution in [0, 0.1) is 13.8 Å². The van der Waals surface area contributed by atoms with E-state index in [9.17, 15) is 0 Å². The second kappa shape index (κ2) is 5.13. The smallest absolute Gasteiger partial charge is 0.0437 e. The van der Waals surface area contributed by atoms with Crippen LogP contribution in [0.15, 0.2) is 18.2 Å². The molecule has 0 aliphatic carbocycles. The van der Waals surface area contributed by atoms with Crippen LogP contribution in [-0.4, -0.2) is 18.3 Å². The van der Waals surface area contributed by atoms with Crippen LogP contribution in [-0.2, 0) is 0 Å². The first-order valence-corrected chi connectivity index (χ1v) is 5.06. The standard InChI is InChI=1S/C12H19NO/c1-9-5-10(2)7-12(6-9)11(8-13)3-4-14/h5-7,11,14H,3-4,8,13H2,1-2H3. The molecule has 0 aliphatic heterocycles. The Labute approximate surface area is 85.8 Å². The molecule has 2 heteroatoms. The first kappa shape index (κ1) is 11.2. The third-order valence-corrected chi connectivity index (χ3v) is 2.48. The summed E-state index contributed by atoms with van der Waals surface area (Å²) < 4.78 is 0. The molecule has 0 saturated heterocycles. The van der Waals surface area contributed by atoms with Crippen LogP contribution < -0.4 is 5.73 Å². The maximum absolute atomic E-state index is 8.91. The highest BCUT2D eigenvalue weighted by Gasteiger charge is 2.09. The Morgan fingerprint density at radius 2 is 1.79 bits per heavy atom. The number of hydrogen-bond donors (Lipinski definition) is 2. The average Bonchev–Trinajstić information content (AvgIpc) is 2.12. The number of aliphatic hydroxyl groups is 1. The van der Waals surface area contributed by atoms with Crippen LogP contribution in [0.2, 0.25) is 0 Å². The van der Waals surface area contributed by atoms with E-state index in [4.69, 9.17) is 10.8 Å². The van der Waals surface area contributed by atoms with Gasteiger partial charge in [0.25, 0.3) is 0 Å². The minimum Gasteiger partial charge on any atom is -0.396 e. The largest absolute Gasteiger partial charge is 0.396 e. The van der Waals surface area contributed by atoms with Crippen molar-refractivity contribution in [2.45, 2.75) is 26.2 Å². The van der Waals surface area contributed by atoms with E-state index in [2.05, 4.69) is 32.0 Å². The third kappa shape index (κ3) is 2.82.